The molecule has 0 spiro atoms. The van der Waals surface area contributed by atoms with E-state index in [2.05, 4.69) is 10.1 Å². The Hall–Kier alpha value is -1.39. The van der Waals surface area contributed by atoms with Gasteiger partial charge in [0.2, 0.25) is 0 Å². The third-order valence-electron chi connectivity index (χ3n) is 2.36. The number of nitrogens with zero attached hydrogens (tertiary/aromatic N) is 2. The molecule has 0 bridgehead atoms. The van der Waals surface area contributed by atoms with E-state index in [4.69, 9.17) is 21.9 Å². The molecule has 1 aromatic heterocycles. The number of halogens is 1. The average molecular weight is 252 g/mol. The van der Waals surface area contributed by atoms with E-state index in [0.717, 1.165) is 24.0 Å². The predicted molar refractivity (Wildman–Crippen MR) is 66.9 cm³/mol. The number of rotatable bonds is 4. The number of aromatic nitrogens is 2. The first-order valence-corrected chi connectivity index (χ1v) is 5.87. The fourth-order valence-electron chi connectivity index (χ4n) is 1.59. The van der Waals surface area contributed by atoms with Crippen molar-refractivity contribution in [2.24, 2.45) is 5.73 Å². The van der Waals surface area contributed by atoms with Crippen molar-refractivity contribution in [3.8, 4) is 11.5 Å². The van der Waals surface area contributed by atoms with Gasteiger partial charge in [-0.05, 0) is 43.7 Å². The number of aryl methyl sites for hydroxylation is 2. The molecule has 0 fully saturated rings. The summed E-state index contributed by atoms with van der Waals surface area (Å²) >= 11 is 5.98. The molecule has 2 aromatic rings. The second-order valence-electron chi connectivity index (χ2n) is 3.93. The van der Waals surface area contributed by atoms with Crippen LogP contribution in [0.5, 0.6) is 0 Å². The molecule has 2 N–H and O–H groups in total. The van der Waals surface area contributed by atoms with Crippen molar-refractivity contribution in [3.05, 3.63) is 34.6 Å². The lowest BCUT2D eigenvalue weighted by Crippen LogP contribution is -2.01. The van der Waals surface area contributed by atoms with Crippen LogP contribution in [0.3, 0.4) is 0 Å². The number of hydrogen-bond donors (Lipinski definition) is 1. The lowest BCUT2D eigenvalue weighted by molar-refractivity contribution is 0.422. The van der Waals surface area contributed by atoms with Gasteiger partial charge in [-0.25, -0.2) is 0 Å². The van der Waals surface area contributed by atoms with Crippen molar-refractivity contribution < 1.29 is 4.52 Å². The molecule has 0 aliphatic carbocycles. The van der Waals surface area contributed by atoms with Gasteiger partial charge in [-0.15, -0.1) is 0 Å². The Labute approximate surface area is 105 Å². The highest BCUT2D eigenvalue weighted by Gasteiger charge is 2.09. The van der Waals surface area contributed by atoms with Crippen molar-refractivity contribution in [2.45, 2.75) is 19.8 Å². The number of benzene rings is 1. The first-order chi connectivity index (χ1) is 8.19. The minimum atomic E-state index is 0.502. The second-order valence-corrected chi connectivity index (χ2v) is 4.36. The maximum absolute atomic E-state index is 5.98. The maximum Gasteiger partial charge on any atom is 0.257 e. The van der Waals surface area contributed by atoms with Gasteiger partial charge in [-0.1, -0.05) is 16.8 Å². The van der Waals surface area contributed by atoms with Crippen LogP contribution in [0.4, 0.5) is 0 Å². The lowest BCUT2D eigenvalue weighted by atomic mass is 10.1. The van der Waals surface area contributed by atoms with Crippen LogP contribution in [-0.2, 0) is 6.42 Å². The van der Waals surface area contributed by atoms with Gasteiger partial charge in [-0.3, -0.25) is 0 Å². The zero-order chi connectivity index (χ0) is 12.3. The van der Waals surface area contributed by atoms with Crippen molar-refractivity contribution >= 4 is 11.6 Å². The lowest BCUT2D eigenvalue weighted by Gasteiger charge is -1.98. The van der Waals surface area contributed by atoms with Crippen molar-refractivity contribution in [1.29, 1.82) is 0 Å². The SMILES string of the molecule is Cc1cc(Cl)cc(-c2nc(CCCN)no2)c1. The molecule has 1 heterocycles. The van der Waals surface area contributed by atoms with Crippen LogP contribution in [0.25, 0.3) is 11.5 Å². The summed E-state index contributed by atoms with van der Waals surface area (Å²) in [7, 11) is 0. The Morgan fingerprint density at radius 1 is 1.35 bits per heavy atom. The summed E-state index contributed by atoms with van der Waals surface area (Å²) in [5.41, 5.74) is 7.34. The Bertz CT molecular complexity index is 490. The van der Waals surface area contributed by atoms with Gasteiger partial charge in [0.05, 0.1) is 0 Å². The van der Waals surface area contributed by atoms with E-state index in [0.29, 0.717) is 23.3 Å². The van der Waals surface area contributed by atoms with E-state index in [1.807, 2.05) is 25.1 Å². The highest BCUT2D eigenvalue weighted by Crippen LogP contribution is 2.23. The third kappa shape index (κ3) is 3.05. The highest BCUT2D eigenvalue weighted by atomic mass is 35.5. The fourth-order valence-corrected chi connectivity index (χ4v) is 1.88. The zero-order valence-corrected chi connectivity index (χ0v) is 10.4. The predicted octanol–water partition coefficient (Wildman–Crippen LogP) is 2.59. The van der Waals surface area contributed by atoms with E-state index >= 15 is 0 Å². The molecule has 1 aromatic carbocycles. The van der Waals surface area contributed by atoms with Gasteiger partial charge in [-0.2, -0.15) is 4.98 Å². The Kier molecular flexibility index (Phi) is 3.76. The van der Waals surface area contributed by atoms with Gasteiger partial charge in [0.25, 0.3) is 5.89 Å². The van der Waals surface area contributed by atoms with Gasteiger partial charge in [0.15, 0.2) is 5.82 Å². The summed E-state index contributed by atoms with van der Waals surface area (Å²) in [5.74, 6) is 1.19. The van der Waals surface area contributed by atoms with Crippen LogP contribution in [-0.4, -0.2) is 16.7 Å². The average Bonchev–Trinajstić information content (AvgIpc) is 2.73. The molecule has 0 saturated heterocycles. The molecular formula is C12H14ClN3O. The van der Waals surface area contributed by atoms with Crippen LogP contribution in [0.2, 0.25) is 5.02 Å². The van der Waals surface area contributed by atoms with Gasteiger partial charge in [0.1, 0.15) is 0 Å². The molecule has 0 atom stereocenters. The highest BCUT2D eigenvalue weighted by molar-refractivity contribution is 6.30. The minimum Gasteiger partial charge on any atom is -0.334 e. The zero-order valence-electron chi connectivity index (χ0n) is 9.61. The standard InChI is InChI=1S/C12H14ClN3O/c1-8-5-9(7-10(13)6-8)12-15-11(16-17-12)3-2-4-14/h5-7H,2-4,14H2,1H3. The van der Waals surface area contributed by atoms with Crippen LogP contribution in [0.15, 0.2) is 22.7 Å². The van der Waals surface area contributed by atoms with Gasteiger partial charge in [0, 0.05) is 17.0 Å². The van der Waals surface area contributed by atoms with Crippen LogP contribution in [0.1, 0.15) is 17.8 Å². The second kappa shape index (κ2) is 5.29. The van der Waals surface area contributed by atoms with Crippen LogP contribution >= 0.6 is 11.6 Å². The molecule has 0 saturated carbocycles. The van der Waals surface area contributed by atoms with Crippen molar-refractivity contribution in [3.63, 3.8) is 0 Å². The number of hydrogen-bond acceptors (Lipinski definition) is 4. The maximum atomic E-state index is 5.98. The van der Waals surface area contributed by atoms with Gasteiger partial charge >= 0.3 is 0 Å². The molecule has 5 heteroatoms. The molecule has 2 rings (SSSR count). The largest absolute Gasteiger partial charge is 0.334 e. The summed E-state index contributed by atoms with van der Waals surface area (Å²) in [6.45, 7) is 2.60. The Morgan fingerprint density at radius 2 is 2.18 bits per heavy atom. The first-order valence-electron chi connectivity index (χ1n) is 5.49. The van der Waals surface area contributed by atoms with E-state index in [-0.39, 0.29) is 0 Å². The normalized spacial score (nSPS) is 10.8. The topological polar surface area (TPSA) is 64.9 Å². The molecule has 0 aliphatic rings. The summed E-state index contributed by atoms with van der Waals surface area (Å²) in [5, 5.41) is 4.57. The first kappa shape index (κ1) is 12.1. The molecule has 90 valence electrons. The Morgan fingerprint density at radius 3 is 2.88 bits per heavy atom. The van der Waals surface area contributed by atoms with Gasteiger partial charge < -0.3 is 10.3 Å². The molecule has 0 radical (unpaired) electrons. The van der Waals surface area contributed by atoms with Crippen molar-refractivity contribution in [2.75, 3.05) is 6.54 Å². The minimum absolute atomic E-state index is 0.502. The molecular weight excluding hydrogens is 238 g/mol. The van der Waals surface area contributed by atoms with Crippen LogP contribution < -0.4 is 5.73 Å². The summed E-state index contributed by atoms with van der Waals surface area (Å²) in [4.78, 5) is 4.31. The van der Waals surface area contributed by atoms with E-state index < -0.39 is 0 Å². The molecule has 4 nitrogen and oxygen atoms in total. The summed E-state index contributed by atoms with van der Waals surface area (Å²) in [6.07, 6.45) is 1.59. The summed E-state index contributed by atoms with van der Waals surface area (Å²) < 4.78 is 5.20. The smallest absolute Gasteiger partial charge is 0.257 e. The monoisotopic (exact) mass is 251 g/mol. The van der Waals surface area contributed by atoms with E-state index in [1.54, 1.807) is 0 Å². The van der Waals surface area contributed by atoms with Crippen molar-refractivity contribution in [1.82, 2.24) is 10.1 Å². The molecule has 0 unspecified atom stereocenters. The van der Waals surface area contributed by atoms with E-state index in [1.165, 1.54) is 0 Å². The Balaban J connectivity index is 2.24. The summed E-state index contributed by atoms with van der Waals surface area (Å²) in [6, 6.07) is 5.66. The van der Waals surface area contributed by atoms with Crippen LogP contribution in [0, 0.1) is 6.92 Å². The molecule has 0 aliphatic heterocycles. The third-order valence-corrected chi connectivity index (χ3v) is 2.58. The van der Waals surface area contributed by atoms with E-state index in [9.17, 15) is 0 Å². The number of nitrogens with two attached hydrogens (primary N) is 1. The molecule has 17 heavy (non-hydrogen) atoms. The molecule has 0 amide bonds. The fraction of sp³-hybridized carbons (Fsp3) is 0.333. The quantitative estimate of drug-likeness (QED) is 0.907.